The minimum atomic E-state index is -0.206. The predicted octanol–water partition coefficient (Wildman–Crippen LogP) is 7.32. The highest BCUT2D eigenvalue weighted by Gasteiger charge is 2.71. The first kappa shape index (κ1) is 28.9. The van der Waals surface area contributed by atoms with Gasteiger partial charge < -0.3 is 9.47 Å². The molecule has 0 unspecified atom stereocenters. The molecule has 0 spiro atoms. The van der Waals surface area contributed by atoms with Crippen molar-refractivity contribution < 1.29 is 23.9 Å². The van der Waals surface area contributed by atoms with E-state index in [1.54, 1.807) is 6.92 Å². The Bertz CT molecular complexity index is 1050. The van der Waals surface area contributed by atoms with Crippen LogP contribution in [0.2, 0.25) is 0 Å². The van der Waals surface area contributed by atoms with Gasteiger partial charge in [-0.05, 0) is 116 Å². The average Bonchev–Trinajstić information content (AvgIpc) is 3.24. The second kappa shape index (κ2) is 9.44. The fourth-order valence-corrected chi connectivity index (χ4v) is 12.1. The van der Waals surface area contributed by atoms with Crippen LogP contribution in [0.4, 0.5) is 0 Å². The second-order valence-electron chi connectivity index (χ2n) is 15.6. The van der Waals surface area contributed by atoms with E-state index >= 15 is 0 Å². The smallest absolute Gasteiger partial charge is 0.302 e. The normalized spacial score (nSPS) is 48.0. The lowest BCUT2D eigenvalue weighted by atomic mass is 9.32. The van der Waals surface area contributed by atoms with Gasteiger partial charge in [-0.3, -0.25) is 14.4 Å². The number of esters is 2. The van der Waals surface area contributed by atoms with Gasteiger partial charge in [0.25, 0.3) is 0 Å². The van der Waals surface area contributed by atoms with Crippen molar-refractivity contribution in [3.8, 4) is 0 Å². The lowest BCUT2D eigenvalue weighted by Gasteiger charge is -2.73. The number of hydrogen-bond acceptors (Lipinski definition) is 5. The highest BCUT2D eigenvalue weighted by molar-refractivity contribution is 5.73. The van der Waals surface area contributed by atoms with Crippen LogP contribution in [0.5, 0.6) is 0 Å². The van der Waals surface area contributed by atoms with Crippen LogP contribution in [0.1, 0.15) is 113 Å². The number of rotatable bonds is 5. The second-order valence-corrected chi connectivity index (χ2v) is 15.6. The summed E-state index contributed by atoms with van der Waals surface area (Å²) in [4.78, 5) is 35.9. The molecule has 0 aromatic heterocycles. The van der Waals surface area contributed by atoms with Gasteiger partial charge in [0.1, 0.15) is 12.4 Å². The largest absolute Gasteiger partial charge is 0.465 e. The topological polar surface area (TPSA) is 69.7 Å². The molecule has 5 fully saturated rings. The summed E-state index contributed by atoms with van der Waals surface area (Å²) in [5.41, 5.74) is 1.24. The summed E-state index contributed by atoms with van der Waals surface area (Å²) < 4.78 is 11.6. The van der Waals surface area contributed by atoms with E-state index < -0.39 is 0 Å². The molecule has 218 valence electrons. The molecule has 0 aliphatic heterocycles. The first-order valence-electron chi connectivity index (χ1n) is 15.6. The third kappa shape index (κ3) is 4.02. The Kier molecular flexibility index (Phi) is 6.99. The maximum absolute atomic E-state index is 12.0. The third-order valence-corrected chi connectivity index (χ3v) is 14.0. The summed E-state index contributed by atoms with van der Waals surface area (Å²) in [5.74, 6) is 1.81. The Hall–Kier alpha value is -1.65. The van der Waals surface area contributed by atoms with Crippen molar-refractivity contribution in [3.05, 3.63) is 12.2 Å². The number of aldehydes is 1. The molecule has 5 aliphatic carbocycles. The molecule has 10 atom stereocenters. The van der Waals surface area contributed by atoms with E-state index in [9.17, 15) is 14.4 Å². The molecule has 39 heavy (non-hydrogen) atoms. The van der Waals surface area contributed by atoms with E-state index in [2.05, 4.69) is 41.2 Å². The highest BCUT2D eigenvalue weighted by atomic mass is 16.5. The van der Waals surface area contributed by atoms with Gasteiger partial charge >= 0.3 is 11.9 Å². The number of carbonyl (C=O) groups is 3. The quantitative estimate of drug-likeness (QED) is 0.208. The first-order valence-corrected chi connectivity index (χ1v) is 15.6. The van der Waals surface area contributed by atoms with Crippen LogP contribution in [-0.4, -0.2) is 30.9 Å². The summed E-state index contributed by atoms with van der Waals surface area (Å²) in [7, 11) is 0. The Morgan fingerprint density at radius 1 is 0.821 bits per heavy atom. The van der Waals surface area contributed by atoms with Gasteiger partial charge in [0.05, 0.1) is 6.61 Å². The standard InChI is InChI=1S/C34H52O5/c1-21(19-35)24-11-16-34(20-38-22(2)36)18-17-32(7)25(29(24)34)9-10-27-31(6)14-13-28(39-23(3)37)30(4,5)26(31)12-15-33(27,32)8/h19,24-29H,1,9-18,20H2,2-8H3/t24-,25+,26-,27+,28-,29+,31-,32+,33+,34+/m0/s1. The highest BCUT2D eigenvalue weighted by Crippen LogP contribution is 2.77. The van der Waals surface area contributed by atoms with Gasteiger partial charge in [-0.2, -0.15) is 0 Å². The maximum atomic E-state index is 12.0. The summed E-state index contributed by atoms with van der Waals surface area (Å²) in [6, 6.07) is 0. The van der Waals surface area contributed by atoms with Crippen molar-refractivity contribution in [2.24, 2.45) is 56.7 Å². The Morgan fingerprint density at radius 2 is 1.54 bits per heavy atom. The van der Waals surface area contributed by atoms with Gasteiger partial charge in [0, 0.05) is 24.7 Å². The van der Waals surface area contributed by atoms with E-state index in [1.807, 2.05) is 0 Å². The van der Waals surface area contributed by atoms with E-state index in [1.165, 1.54) is 32.6 Å². The van der Waals surface area contributed by atoms with Crippen molar-refractivity contribution in [2.75, 3.05) is 6.61 Å². The van der Waals surface area contributed by atoms with Crippen LogP contribution in [0, 0.1) is 56.7 Å². The predicted molar refractivity (Wildman–Crippen MR) is 152 cm³/mol. The Morgan fingerprint density at radius 3 is 2.18 bits per heavy atom. The Balaban J connectivity index is 1.50. The third-order valence-electron chi connectivity index (χ3n) is 14.0. The molecular weight excluding hydrogens is 488 g/mol. The summed E-state index contributed by atoms with van der Waals surface area (Å²) >= 11 is 0. The molecule has 0 aromatic carbocycles. The molecule has 0 amide bonds. The molecule has 5 aliphatic rings. The zero-order valence-electron chi connectivity index (χ0n) is 25.6. The van der Waals surface area contributed by atoms with Gasteiger partial charge in [-0.15, -0.1) is 0 Å². The van der Waals surface area contributed by atoms with Gasteiger partial charge in [-0.1, -0.05) is 41.2 Å². The van der Waals surface area contributed by atoms with Crippen molar-refractivity contribution in [1.82, 2.24) is 0 Å². The lowest BCUT2D eigenvalue weighted by Crippen LogP contribution is -2.67. The molecule has 0 saturated heterocycles. The molecule has 0 heterocycles. The molecule has 5 nitrogen and oxygen atoms in total. The molecular formula is C34H52O5. The van der Waals surface area contributed by atoms with Gasteiger partial charge in [-0.25, -0.2) is 0 Å². The van der Waals surface area contributed by atoms with Gasteiger partial charge in [0.15, 0.2) is 0 Å². The van der Waals surface area contributed by atoms with Crippen molar-refractivity contribution in [2.45, 2.75) is 119 Å². The fourth-order valence-electron chi connectivity index (χ4n) is 12.1. The number of fused-ring (bicyclic) bond motifs is 7. The zero-order valence-corrected chi connectivity index (χ0v) is 25.6. The number of carbonyl (C=O) groups excluding carboxylic acids is 3. The van der Waals surface area contributed by atoms with Crippen molar-refractivity contribution >= 4 is 18.2 Å². The minimum absolute atomic E-state index is 0.00506. The first-order chi connectivity index (χ1) is 18.2. The van der Waals surface area contributed by atoms with Crippen LogP contribution in [-0.2, 0) is 23.9 Å². The van der Waals surface area contributed by atoms with Crippen LogP contribution in [0.25, 0.3) is 0 Å². The van der Waals surface area contributed by atoms with Crippen molar-refractivity contribution in [3.63, 3.8) is 0 Å². The van der Waals surface area contributed by atoms with Crippen LogP contribution in [0.15, 0.2) is 12.2 Å². The number of ether oxygens (including phenoxy) is 2. The van der Waals surface area contributed by atoms with Crippen LogP contribution in [0.3, 0.4) is 0 Å². The Labute approximate surface area is 236 Å². The number of allylic oxidation sites excluding steroid dienone is 1. The summed E-state index contributed by atoms with van der Waals surface area (Å²) in [5, 5.41) is 0. The molecule has 5 saturated carbocycles. The summed E-state index contributed by atoms with van der Waals surface area (Å²) in [6.45, 7) is 20.2. The SMILES string of the molecule is C=C(C=O)[C@@H]1CC[C@]2(COC(C)=O)CC[C@]3(C)[C@H](CC[C@@H]4[C@@]5(C)CC[C@H](OC(C)=O)C(C)(C)[C@@H]5CC[C@]43C)[C@@H]12. The van der Waals surface area contributed by atoms with E-state index in [4.69, 9.17) is 9.47 Å². The fraction of sp³-hybridized carbons (Fsp3) is 0.853. The monoisotopic (exact) mass is 540 g/mol. The molecule has 0 aromatic rings. The van der Waals surface area contributed by atoms with Crippen molar-refractivity contribution in [1.29, 1.82) is 0 Å². The van der Waals surface area contributed by atoms with Crippen LogP contribution < -0.4 is 0 Å². The van der Waals surface area contributed by atoms with E-state index in [0.29, 0.717) is 30.3 Å². The van der Waals surface area contributed by atoms with Gasteiger partial charge in [0.2, 0.25) is 0 Å². The molecule has 5 heteroatoms. The van der Waals surface area contributed by atoms with E-state index in [0.717, 1.165) is 50.4 Å². The molecule has 0 bridgehead atoms. The lowest BCUT2D eigenvalue weighted by molar-refractivity contribution is -0.252. The minimum Gasteiger partial charge on any atom is -0.465 e. The number of hydrogen-bond donors (Lipinski definition) is 0. The molecule has 0 radical (unpaired) electrons. The van der Waals surface area contributed by atoms with Crippen LogP contribution >= 0.6 is 0 Å². The summed E-state index contributed by atoms with van der Waals surface area (Å²) in [6.07, 6.45) is 12.0. The molecule has 0 N–H and O–H groups in total. The zero-order chi connectivity index (χ0) is 28.6. The van der Waals surface area contributed by atoms with E-state index in [-0.39, 0.29) is 51.0 Å². The molecule has 5 rings (SSSR count). The average molecular weight is 541 g/mol. The maximum Gasteiger partial charge on any atom is 0.302 e.